The van der Waals surface area contributed by atoms with Crippen LogP contribution in [0.5, 0.6) is 11.5 Å². The topological polar surface area (TPSA) is 143 Å². The van der Waals surface area contributed by atoms with E-state index in [1.807, 2.05) is 0 Å². The molecule has 0 aliphatic carbocycles. The van der Waals surface area contributed by atoms with Gasteiger partial charge < -0.3 is 15.2 Å². The monoisotopic (exact) mass is 474 g/mol. The van der Waals surface area contributed by atoms with Crippen molar-refractivity contribution in [1.29, 1.82) is 0 Å². The molecule has 2 amide bonds. The molecule has 0 spiro atoms. The molecule has 0 atom stereocenters. The van der Waals surface area contributed by atoms with E-state index in [1.165, 1.54) is 43.5 Å². The summed E-state index contributed by atoms with van der Waals surface area (Å²) in [6, 6.07) is 18.6. The van der Waals surface area contributed by atoms with Crippen LogP contribution in [0.25, 0.3) is 6.08 Å². The van der Waals surface area contributed by atoms with Crippen LogP contribution < -0.4 is 15.5 Å². The summed E-state index contributed by atoms with van der Waals surface area (Å²) >= 11 is 0. The van der Waals surface area contributed by atoms with Gasteiger partial charge in [-0.3, -0.25) is 19.7 Å². The van der Waals surface area contributed by atoms with Gasteiger partial charge in [0.25, 0.3) is 11.8 Å². The van der Waals surface area contributed by atoms with Crippen molar-refractivity contribution >= 4 is 29.3 Å². The van der Waals surface area contributed by atoms with Gasteiger partial charge in [0.2, 0.25) is 0 Å². The number of nitrogens with zero attached hydrogens (tertiary/aromatic N) is 2. The molecular formula is C25H22N4O6. The summed E-state index contributed by atoms with van der Waals surface area (Å²) in [7, 11) is 1.31. The van der Waals surface area contributed by atoms with Gasteiger partial charge in [0.1, 0.15) is 11.4 Å². The van der Waals surface area contributed by atoms with Gasteiger partial charge in [0.15, 0.2) is 5.75 Å². The summed E-state index contributed by atoms with van der Waals surface area (Å²) in [5, 5.41) is 27.4. The largest absolute Gasteiger partial charge is 0.508 e. The zero-order valence-corrected chi connectivity index (χ0v) is 18.9. The zero-order chi connectivity index (χ0) is 25.4. The van der Waals surface area contributed by atoms with E-state index >= 15 is 0 Å². The summed E-state index contributed by atoms with van der Waals surface area (Å²) < 4.78 is 5.01. The molecule has 3 aromatic carbocycles. The Bertz CT molecular complexity index is 1300. The van der Waals surface area contributed by atoms with Crippen molar-refractivity contribution in [1.82, 2.24) is 10.7 Å². The number of hydrazone groups is 1. The number of carbonyl (C=O) groups is 2. The van der Waals surface area contributed by atoms with Crippen molar-refractivity contribution in [3.63, 3.8) is 0 Å². The number of nitro groups is 1. The maximum atomic E-state index is 12.9. The van der Waals surface area contributed by atoms with Crippen LogP contribution in [0.3, 0.4) is 0 Å². The Labute approximate surface area is 200 Å². The molecule has 0 saturated heterocycles. The number of phenols is 1. The highest BCUT2D eigenvalue weighted by atomic mass is 16.6. The highest BCUT2D eigenvalue weighted by Gasteiger charge is 2.18. The third kappa shape index (κ3) is 6.51. The Balaban J connectivity index is 1.93. The average Bonchev–Trinajstić information content (AvgIpc) is 2.87. The molecule has 3 rings (SSSR count). The predicted molar refractivity (Wildman–Crippen MR) is 130 cm³/mol. The SMILES string of the molecule is COc1ccc(/C=C(\NC(=O)c2ccccc2)C(=O)N/N=C(\C)c2ccc(O)cc2)cc1[N+](=O)[O-]. The lowest BCUT2D eigenvalue weighted by atomic mass is 10.1. The molecule has 10 nitrogen and oxygen atoms in total. The number of aromatic hydroxyl groups is 1. The molecule has 0 aliphatic heterocycles. The van der Waals surface area contributed by atoms with E-state index in [1.54, 1.807) is 49.4 Å². The third-order valence-electron chi connectivity index (χ3n) is 4.85. The second kappa shape index (κ2) is 11.2. The molecule has 35 heavy (non-hydrogen) atoms. The first-order valence-corrected chi connectivity index (χ1v) is 10.3. The molecule has 0 heterocycles. The standard InChI is InChI=1S/C25H22N4O6/c1-16(18-9-11-20(30)12-10-18)27-28-25(32)21(26-24(31)19-6-4-3-5-7-19)14-17-8-13-23(35-2)22(15-17)29(33)34/h3-15,30H,1-2H3,(H,26,31)(H,28,32)/b21-14-,27-16+. The molecule has 3 N–H and O–H groups in total. The van der Waals surface area contributed by atoms with E-state index in [0.29, 0.717) is 16.8 Å². The average molecular weight is 474 g/mol. The molecule has 0 fully saturated rings. The van der Waals surface area contributed by atoms with Gasteiger partial charge >= 0.3 is 5.69 Å². The number of nitro benzene ring substituents is 1. The van der Waals surface area contributed by atoms with Crippen LogP contribution in [-0.2, 0) is 4.79 Å². The number of amides is 2. The number of nitrogens with one attached hydrogen (secondary N) is 2. The number of ether oxygens (including phenoxy) is 1. The van der Waals surface area contributed by atoms with E-state index in [9.17, 15) is 24.8 Å². The summed E-state index contributed by atoms with van der Waals surface area (Å²) in [6.45, 7) is 1.66. The first-order chi connectivity index (χ1) is 16.8. The van der Waals surface area contributed by atoms with E-state index in [4.69, 9.17) is 4.74 Å². The highest BCUT2D eigenvalue weighted by Crippen LogP contribution is 2.28. The number of methoxy groups -OCH3 is 1. The van der Waals surface area contributed by atoms with Crippen LogP contribution >= 0.6 is 0 Å². The number of hydrogen-bond acceptors (Lipinski definition) is 7. The Hall–Kier alpha value is -4.99. The summed E-state index contributed by atoms with van der Waals surface area (Å²) in [4.78, 5) is 36.4. The van der Waals surface area contributed by atoms with Crippen LogP contribution in [0.1, 0.15) is 28.4 Å². The lowest BCUT2D eigenvalue weighted by Gasteiger charge is -2.10. The van der Waals surface area contributed by atoms with Gasteiger partial charge in [0.05, 0.1) is 17.7 Å². The quantitative estimate of drug-likeness (QED) is 0.197. The first kappa shape index (κ1) is 24.6. The van der Waals surface area contributed by atoms with E-state index < -0.39 is 16.7 Å². The van der Waals surface area contributed by atoms with Crippen LogP contribution in [0.15, 0.2) is 83.6 Å². The fourth-order valence-corrected chi connectivity index (χ4v) is 3.01. The number of carbonyl (C=O) groups excluding carboxylic acids is 2. The Morgan fingerprint density at radius 3 is 2.34 bits per heavy atom. The minimum Gasteiger partial charge on any atom is -0.508 e. The smallest absolute Gasteiger partial charge is 0.311 e. The van der Waals surface area contributed by atoms with E-state index in [2.05, 4.69) is 15.8 Å². The normalized spacial score (nSPS) is 11.5. The molecule has 3 aromatic rings. The van der Waals surface area contributed by atoms with Crippen molar-refractivity contribution in [2.75, 3.05) is 7.11 Å². The van der Waals surface area contributed by atoms with Crippen LogP contribution in [-0.4, -0.2) is 34.7 Å². The summed E-state index contributed by atoms with van der Waals surface area (Å²) in [5.74, 6) is -1.14. The molecule has 0 aromatic heterocycles. The molecule has 0 radical (unpaired) electrons. The second-order valence-corrected chi connectivity index (χ2v) is 7.25. The lowest BCUT2D eigenvalue weighted by Crippen LogP contribution is -2.33. The second-order valence-electron chi connectivity index (χ2n) is 7.25. The minimum atomic E-state index is -0.745. The fourth-order valence-electron chi connectivity index (χ4n) is 3.01. The predicted octanol–water partition coefficient (Wildman–Crippen LogP) is 3.62. The summed E-state index contributed by atoms with van der Waals surface area (Å²) in [6.07, 6.45) is 1.30. The molecular weight excluding hydrogens is 452 g/mol. The Morgan fingerprint density at radius 1 is 1.03 bits per heavy atom. The third-order valence-corrected chi connectivity index (χ3v) is 4.85. The molecule has 0 unspecified atom stereocenters. The van der Waals surface area contributed by atoms with E-state index in [0.717, 1.165) is 0 Å². The lowest BCUT2D eigenvalue weighted by molar-refractivity contribution is -0.385. The highest BCUT2D eigenvalue weighted by molar-refractivity contribution is 6.06. The van der Waals surface area contributed by atoms with Crippen LogP contribution in [0.4, 0.5) is 5.69 Å². The number of benzene rings is 3. The Morgan fingerprint density at radius 2 is 1.71 bits per heavy atom. The van der Waals surface area contributed by atoms with Gasteiger partial charge in [0, 0.05) is 11.6 Å². The van der Waals surface area contributed by atoms with Crippen molar-refractivity contribution in [2.45, 2.75) is 6.92 Å². The van der Waals surface area contributed by atoms with Gasteiger partial charge in [-0.15, -0.1) is 0 Å². The van der Waals surface area contributed by atoms with Gasteiger partial charge in [-0.2, -0.15) is 5.10 Å². The number of hydrogen-bond donors (Lipinski definition) is 3. The van der Waals surface area contributed by atoms with Gasteiger partial charge in [-0.05, 0) is 66.6 Å². The van der Waals surface area contributed by atoms with Crippen LogP contribution in [0, 0.1) is 10.1 Å². The van der Waals surface area contributed by atoms with Gasteiger partial charge in [-0.25, -0.2) is 5.43 Å². The molecule has 0 aliphatic rings. The summed E-state index contributed by atoms with van der Waals surface area (Å²) in [5.41, 5.74) is 3.62. The van der Waals surface area contributed by atoms with Gasteiger partial charge in [-0.1, -0.05) is 24.3 Å². The maximum Gasteiger partial charge on any atom is 0.311 e. The molecule has 178 valence electrons. The van der Waals surface area contributed by atoms with Crippen molar-refractivity contribution in [3.05, 3.63) is 105 Å². The van der Waals surface area contributed by atoms with Crippen LogP contribution in [0.2, 0.25) is 0 Å². The molecule has 10 heteroatoms. The van der Waals surface area contributed by atoms with Crippen molar-refractivity contribution < 1.29 is 24.4 Å². The maximum absolute atomic E-state index is 12.9. The van der Waals surface area contributed by atoms with E-state index in [-0.39, 0.29) is 28.4 Å². The van der Waals surface area contributed by atoms with Crippen molar-refractivity contribution in [2.24, 2.45) is 5.10 Å². The minimum absolute atomic E-state index is 0.0561. The number of rotatable bonds is 8. The first-order valence-electron chi connectivity index (χ1n) is 10.3. The molecule has 0 saturated carbocycles. The Kier molecular flexibility index (Phi) is 7.91. The zero-order valence-electron chi connectivity index (χ0n) is 18.9. The fraction of sp³-hybridized carbons (Fsp3) is 0.0800. The molecule has 0 bridgehead atoms. The number of phenolic OH excluding ortho intramolecular Hbond substituents is 1. The van der Waals surface area contributed by atoms with Crippen molar-refractivity contribution in [3.8, 4) is 11.5 Å².